The Labute approximate surface area is 226 Å². The third kappa shape index (κ3) is 23.2. The van der Waals surface area contributed by atoms with Crippen LogP contribution in [0.2, 0.25) is 0 Å². The third-order valence-corrected chi connectivity index (χ3v) is 6.33. The molecule has 0 aliphatic heterocycles. The van der Waals surface area contributed by atoms with Crippen molar-refractivity contribution in [1.29, 1.82) is 0 Å². The number of carbonyl (C=O) groups excluding carboxylic acids is 1. The zero-order valence-electron chi connectivity index (χ0n) is 24.2. The number of hydrogen-bond acceptors (Lipinski definition) is 5. The van der Waals surface area contributed by atoms with Crippen molar-refractivity contribution in [2.24, 2.45) is 0 Å². The summed E-state index contributed by atoms with van der Waals surface area (Å²) in [6.45, 7) is 2.38. The van der Waals surface area contributed by atoms with Gasteiger partial charge in [-0.3, -0.25) is 4.79 Å². The van der Waals surface area contributed by atoms with Crippen molar-refractivity contribution in [3.63, 3.8) is 0 Å². The van der Waals surface area contributed by atoms with Gasteiger partial charge in [-0.25, -0.2) is 4.79 Å². The van der Waals surface area contributed by atoms with Gasteiger partial charge in [-0.1, -0.05) is 76.2 Å². The first-order chi connectivity index (χ1) is 17.7. The average molecular weight is 527 g/mol. The van der Waals surface area contributed by atoms with E-state index in [1.54, 1.807) is 0 Å². The smallest absolute Gasteiger partial charge is 0.362 e. The largest absolute Gasteiger partial charge is 0.477 e. The molecule has 0 radical (unpaired) electrons. The van der Waals surface area contributed by atoms with E-state index in [-0.39, 0.29) is 25.8 Å². The summed E-state index contributed by atoms with van der Waals surface area (Å²) in [7, 11) is 5.47. The van der Waals surface area contributed by atoms with Gasteiger partial charge in [0, 0.05) is 12.8 Å². The van der Waals surface area contributed by atoms with Crippen molar-refractivity contribution >= 4 is 11.9 Å². The average Bonchev–Trinajstić information content (AvgIpc) is 2.83. The van der Waals surface area contributed by atoms with Gasteiger partial charge in [-0.2, -0.15) is 0 Å². The van der Waals surface area contributed by atoms with E-state index in [0.29, 0.717) is 17.3 Å². The Hall–Kier alpha value is -1.70. The van der Waals surface area contributed by atoms with E-state index < -0.39 is 18.1 Å². The Balaban J connectivity index is 3.56. The number of unbranched alkanes of at least 4 members (excludes halogenated alkanes) is 10. The van der Waals surface area contributed by atoms with Crippen LogP contribution in [0, 0.1) is 0 Å². The SMILES string of the molecule is CCCCC/C=C/C/C=C/CCCCCCCCCC(=O)OCC(O)COCCC(C(=O)O)[N+](C)(C)C. The van der Waals surface area contributed by atoms with Gasteiger partial charge >= 0.3 is 11.9 Å². The summed E-state index contributed by atoms with van der Waals surface area (Å²) in [4.78, 5) is 23.2. The number of carbonyl (C=O) groups is 2. The highest BCUT2D eigenvalue weighted by atomic mass is 16.5. The fourth-order valence-electron chi connectivity index (χ4n) is 4.00. The molecule has 0 aromatic rings. The van der Waals surface area contributed by atoms with Gasteiger partial charge in [0.05, 0.1) is 34.4 Å². The second-order valence-corrected chi connectivity index (χ2v) is 10.9. The number of aliphatic hydroxyl groups is 1. The molecule has 0 saturated heterocycles. The lowest BCUT2D eigenvalue weighted by Gasteiger charge is -2.31. The minimum Gasteiger partial charge on any atom is -0.477 e. The molecule has 7 heteroatoms. The number of carboxylic acids is 1. The lowest BCUT2D eigenvalue weighted by molar-refractivity contribution is -0.887. The van der Waals surface area contributed by atoms with E-state index in [2.05, 4.69) is 31.2 Å². The van der Waals surface area contributed by atoms with Crippen LogP contribution < -0.4 is 0 Å². The van der Waals surface area contributed by atoms with E-state index in [0.717, 1.165) is 32.1 Å². The minimum absolute atomic E-state index is 0.0166. The molecular weight excluding hydrogens is 470 g/mol. The molecule has 0 spiro atoms. The van der Waals surface area contributed by atoms with Gasteiger partial charge in [0.2, 0.25) is 0 Å². The van der Waals surface area contributed by atoms with Gasteiger partial charge < -0.3 is 24.2 Å². The van der Waals surface area contributed by atoms with Crippen molar-refractivity contribution < 1.29 is 33.8 Å². The van der Waals surface area contributed by atoms with Crippen LogP contribution >= 0.6 is 0 Å². The highest BCUT2D eigenvalue weighted by Gasteiger charge is 2.30. The number of aliphatic hydroxyl groups excluding tert-OH is 1. The molecule has 0 aliphatic rings. The molecule has 0 heterocycles. The molecule has 0 aliphatic carbocycles. The maximum Gasteiger partial charge on any atom is 0.362 e. The minimum atomic E-state index is -0.904. The molecule has 0 bridgehead atoms. The van der Waals surface area contributed by atoms with Gasteiger partial charge in [-0.15, -0.1) is 0 Å². The fraction of sp³-hybridized carbons (Fsp3) is 0.800. The zero-order valence-corrected chi connectivity index (χ0v) is 24.2. The molecule has 0 saturated carbocycles. The fourth-order valence-corrected chi connectivity index (χ4v) is 4.00. The van der Waals surface area contributed by atoms with E-state index in [1.165, 1.54) is 51.4 Å². The molecule has 0 amide bonds. The quantitative estimate of drug-likeness (QED) is 0.0651. The Morgan fingerprint density at radius 1 is 0.811 bits per heavy atom. The van der Waals surface area contributed by atoms with E-state index in [1.807, 2.05) is 21.1 Å². The number of aliphatic carboxylic acids is 1. The Kier molecular flexibility index (Phi) is 22.3. The van der Waals surface area contributed by atoms with Crippen LogP contribution in [0.3, 0.4) is 0 Å². The third-order valence-electron chi connectivity index (χ3n) is 6.33. The Bertz CT molecular complexity index is 626. The highest BCUT2D eigenvalue weighted by Crippen LogP contribution is 2.11. The first-order valence-corrected chi connectivity index (χ1v) is 14.4. The molecule has 2 N–H and O–H groups in total. The van der Waals surface area contributed by atoms with Crippen LogP contribution in [-0.2, 0) is 19.1 Å². The zero-order chi connectivity index (χ0) is 27.8. The number of esters is 1. The Morgan fingerprint density at radius 2 is 1.38 bits per heavy atom. The number of likely N-dealkylation sites (N-methyl/N-ethyl adjacent to an activating group) is 1. The summed E-state index contributed by atoms with van der Waals surface area (Å²) in [5.74, 6) is -1.16. The lowest BCUT2D eigenvalue weighted by atomic mass is 10.1. The van der Waals surface area contributed by atoms with Gasteiger partial charge in [0.15, 0.2) is 6.04 Å². The summed E-state index contributed by atoms with van der Waals surface area (Å²) in [5, 5.41) is 19.2. The van der Waals surface area contributed by atoms with Gasteiger partial charge in [-0.05, 0) is 38.5 Å². The van der Waals surface area contributed by atoms with Gasteiger partial charge in [0.1, 0.15) is 12.7 Å². The Morgan fingerprint density at radius 3 is 1.95 bits per heavy atom. The van der Waals surface area contributed by atoms with Crippen LogP contribution in [0.5, 0.6) is 0 Å². The second-order valence-electron chi connectivity index (χ2n) is 10.9. The number of allylic oxidation sites excluding steroid dienone is 4. The van der Waals surface area contributed by atoms with Crippen LogP contribution in [0.25, 0.3) is 0 Å². The first kappa shape index (κ1) is 35.3. The summed E-state index contributed by atoms with van der Waals surface area (Å²) in [6.07, 6.45) is 24.2. The standard InChI is InChI=1S/C30H55NO6/c1-5-6-7-8-9-10-11-12-13-14-15-16-17-18-19-20-21-22-29(33)37-26-27(32)25-36-24-23-28(30(34)35)31(2,3)4/h9-10,12-13,27-28,32H,5-8,11,14-26H2,1-4H3/p+1/b10-9+,13-12+. The summed E-state index contributed by atoms with van der Waals surface area (Å²) in [6, 6.07) is -0.575. The maximum absolute atomic E-state index is 11.9. The number of rotatable bonds is 25. The molecule has 2 atom stereocenters. The topological polar surface area (TPSA) is 93.1 Å². The van der Waals surface area contributed by atoms with E-state index >= 15 is 0 Å². The van der Waals surface area contributed by atoms with Crippen LogP contribution in [0.15, 0.2) is 24.3 Å². The second kappa shape index (κ2) is 23.4. The number of ether oxygens (including phenoxy) is 2. The molecule has 0 aromatic heterocycles. The predicted molar refractivity (Wildman–Crippen MR) is 150 cm³/mol. The van der Waals surface area contributed by atoms with Crippen LogP contribution in [0.1, 0.15) is 103 Å². The van der Waals surface area contributed by atoms with E-state index in [9.17, 15) is 19.8 Å². The number of hydrogen-bond donors (Lipinski definition) is 2. The highest BCUT2D eigenvalue weighted by molar-refractivity contribution is 5.72. The summed E-state index contributed by atoms with van der Waals surface area (Å²) < 4.78 is 10.8. The molecule has 0 aromatic carbocycles. The molecular formula is C30H56NO6+. The first-order valence-electron chi connectivity index (χ1n) is 14.4. The molecule has 0 rings (SSSR count). The van der Waals surface area contributed by atoms with Crippen molar-refractivity contribution in [2.45, 2.75) is 115 Å². The number of carboxylic acid groups (broad SMARTS) is 1. The van der Waals surface area contributed by atoms with Crippen LogP contribution in [0.4, 0.5) is 0 Å². The molecule has 216 valence electrons. The van der Waals surface area contributed by atoms with E-state index in [4.69, 9.17) is 9.47 Å². The van der Waals surface area contributed by atoms with Gasteiger partial charge in [0.25, 0.3) is 0 Å². The normalized spacial score (nSPS) is 13.9. The predicted octanol–water partition coefficient (Wildman–Crippen LogP) is 6.05. The summed E-state index contributed by atoms with van der Waals surface area (Å²) >= 11 is 0. The molecule has 7 nitrogen and oxygen atoms in total. The monoisotopic (exact) mass is 526 g/mol. The van der Waals surface area contributed by atoms with Crippen molar-refractivity contribution in [1.82, 2.24) is 0 Å². The molecule has 2 unspecified atom stereocenters. The lowest BCUT2D eigenvalue weighted by Crippen LogP contribution is -2.50. The number of quaternary nitrogens is 1. The van der Waals surface area contributed by atoms with Crippen molar-refractivity contribution in [3.8, 4) is 0 Å². The van der Waals surface area contributed by atoms with Crippen molar-refractivity contribution in [2.75, 3.05) is 41.0 Å². The molecule has 0 fully saturated rings. The van der Waals surface area contributed by atoms with Crippen LogP contribution in [-0.4, -0.2) is 79.7 Å². The maximum atomic E-state index is 11.9. The summed E-state index contributed by atoms with van der Waals surface area (Å²) in [5.41, 5.74) is 0. The number of nitrogens with zero attached hydrogens (tertiary/aromatic N) is 1. The molecule has 37 heavy (non-hydrogen) atoms. The van der Waals surface area contributed by atoms with Crippen molar-refractivity contribution in [3.05, 3.63) is 24.3 Å².